The van der Waals surface area contributed by atoms with Crippen LogP contribution in [0.3, 0.4) is 0 Å². The Bertz CT molecular complexity index is 504. The van der Waals surface area contributed by atoms with E-state index in [1.54, 1.807) is 30.1 Å². The molecule has 0 amide bonds. The number of nitrogen functional groups attached to an aromatic ring is 1. The number of aromatic nitrogens is 1. The third kappa shape index (κ3) is 2.84. The number of nitrogens with zero attached hydrogens (tertiary/aromatic N) is 2. The molecule has 1 aromatic rings. The van der Waals surface area contributed by atoms with Crippen LogP contribution in [-0.4, -0.2) is 43.1 Å². The van der Waals surface area contributed by atoms with Crippen LogP contribution in [0.2, 0.25) is 0 Å². The van der Waals surface area contributed by atoms with Gasteiger partial charge in [0.15, 0.2) is 9.84 Å². The summed E-state index contributed by atoms with van der Waals surface area (Å²) in [5.74, 6) is 2.12. The molecule has 2 rings (SSSR count). The fourth-order valence-electron chi connectivity index (χ4n) is 1.79. The number of hydrogen-bond acceptors (Lipinski definition) is 6. The lowest BCUT2D eigenvalue weighted by atomic mass is 10.3. The van der Waals surface area contributed by atoms with Crippen LogP contribution in [0, 0.1) is 0 Å². The maximum Gasteiger partial charge on any atom is 0.169 e. The third-order valence-corrected chi connectivity index (χ3v) is 5.29. The van der Waals surface area contributed by atoms with E-state index in [1.807, 2.05) is 4.90 Å². The lowest BCUT2D eigenvalue weighted by Gasteiger charge is -2.34. The zero-order chi connectivity index (χ0) is 12.5. The number of anilines is 2. The van der Waals surface area contributed by atoms with Crippen molar-refractivity contribution in [2.45, 2.75) is 5.37 Å². The van der Waals surface area contributed by atoms with E-state index in [2.05, 4.69) is 4.98 Å². The molecule has 1 unspecified atom stereocenters. The van der Waals surface area contributed by atoms with Gasteiger partial charge in [-0.1, -0.05) is 0 Å². The number of sulfone groups is 1. The topological polar surface area (TPSA) is 76.3 Å². The van der Waals surface area contributed by atoms with E-state index >= 15 is 0 Å². The largest absolute Gasteiger partial charge is 0.399 e. The van der Waals surface area contributed by atoms with Crippen LogP contribution in [-0.2, 0) is 9.84 Å². The van der Waals surface area contributed by atoms with E-state index in [-0.39, 0.29) is 0 Å². The lowest BCUT2D eigenvalue weighted by molar-refractivity contribution is 0.583. The van der Waals surface area contributed by atoms with Gasteiger partial charge in [0.2, 0.25) is 0 Å². The maximum atomic E-state index is 11.7. The number of pyridine rings is 1. The van der Waals surface area contributed by atoms with Crippen molar-refractivity contribution >= 4 is 33.1 Å². The van der Waals surface area contributed by atoms with Crippen molar-refractivity contribution in [3.05, 3.63) is 18.3 Å². The predicted octanol–water partition coefficient (Wildman–Crippen LogP) is 0.588. The molecule has 0 bridgehead atoms. The highest BCUT2D eigenvalue weighted by atomic mass is 32.2. The van der Waals surface area contributed by atoms with Crippen molar-refractivity contribution in [1.82, 2.24) is 4.98 Å². The van der Waals surface area contributed by atoms with E-state index in [9.17, 15) is 8.42 Å². The van der Waals surface area contributed by atoms with Crippen molar-refractivity contribution in [2.75, 3.05) is 34.9 Å². The number of hydrogen-bond donors (Lipinski definition) is 1. The van der Waals surface area contributed by atoms with Crippen LogP contribution < -0.4 is 10.6 Å². The van der Waals surface area contributed by atoms with Crippen molar-refractivity contribution in [1.29, 1.82) is 0 Å². The molecule has 1 aromatic heterocycles. The van der Waals surface area contributed by atoms with E-state index in [0.717, 1.165) is 5.75 Å². The summed E-state index contributed by atoms with van der Waals surface area (Å²) in [5, 5.41) is -0.504. The highest BCUT2D eigenvalue weighted by Gasteiger charge is 2.31. The summed E-state index contributed by atoms with van der Waals surface area (Å²) in [6.07, 6.45) is 2.87. The Kier molecular flexibility index (Phi) is 3.48. The Balaban J connectivity index is 2.34. The van der Waals surface area contributed by atoms with Gasteiger partial charge in [-0.05, 0) is 6.07 Å². The van der Waals surface area contributed by atoms with Crippen molar-refractivity contribution in [3.63, 3.8) is 0 Å². The fraction of sp³-hybridized carbons (Fsp3) is 0.500. The lowest BCUT2D eigenvalue weighted by Crippen LogP contribution is -2.47. The Morgan fingerprint density at radius 2 is 2.35 bits per heavy atom. The number of nitrogens with two attached hydrogens (primary N) is 1. The first-order valence-corrected chi connectivity index (χ1v) is 8.34. The molecule has 2 heterocycles. The zero-order valence-electron chi connectivity index (χ0n) is 9.54. The van der Waals surface area contributed by atoms with Crippen LogP contribution in [0.25, 0.3) is 0 Å². The summed E-state index contributed by atoms with van der Waals surface area (Å²) in [5.41, 5.74) is 6.30. The quantitative estimate of drug-likeness (QED) is 0.850. The Hall–Kier alpha value is -0.950. The summed E-state index contributed by atoms with van der Waals surface area (Å²) in [6.45, 7) is 0.679. The molecule has 7 heteroatoms. The molecule has 1 aliphatic rings. The third-order valence-electron chi connectivity index (χ3n) is 2.64. The Labute approximate surface area is 105 Å². The Morgan fingerprint density at radius 3 is 3.00 bits per heavy atom. The smallest absolute Gasteiger partial charge is 0.169 e. The molecule has 5 nitrogen and oxygen atoms in total. The zero-order valence-corrected chi connectivity index (χ0v) is 11.2. The first-order valence-electron chi connectivity index (χ1n) is 5.23. The van der Waals surface area contributed by atoms with E-state index < -0.39 is 15.2 Å². The Morgan fingerprint density at radius 1 is 1.59 bits per heavy atom. The van der Waals surface area contributed by atoms with Crippen LogP contribution in [0.15, 0.2) is 18.3 Å². The first kappa shape index (κ1) is 12.5. The molecule has 0 spiro atoms. The average molecular weight is 273 g/mol. The van der Waals surface area contributed by atoms with Gasteiger partial charge in [-0.15, -0.1) is 0 Å². The monoisotopic (exact) mass is 273 g/mol. The van der Waals surface area contributed by atoms with Gasteiger partial charge in [0.1, 0.15) is 11.2 Å². The molecule has 1 saturated heterocycles. The molecule has 1 aliphatic heterocycles. The number of rotatable bonds is 2. The van der Waals surface area contributed by atoms with Crippen LogP contribution in [0.4, 0.5) is 11.5 Å². The second-order valence-corrected chi connectivity index (χ2v) is 7.35. The van der Waals surface area contributed by atoms with Gasteiger partial charge in [0.25, 0.3) is 0 Å². The van der Waals surface area contributed by atoms with Gasteiger partial charge < -0.3 is 10.6 Å². The second kappa shape index (κ2) is 4.73. The first-order chi connectivity index (χ1) is 7.98. The number of thioether (sulfide) groups is 1. The molecule has 0 saturated carbocycles. The molecule has 1 atom stereocenters. The molecular weight excluding hydrogens is 258 g/mol. The average Bonchev–Trinajstić information content (AvgIpc) is 2.28. The molecule has 2 N–H and O–H groups in total. The second-order valence-electron chi connectivity index (χ2n) is 4.00. The molecule has 0 aliphatic carbocycles. The molecule has 0 aromatic carbocycles. The van der Waals surface area contributed by atoms with Gasteiger partial charge in [-0.3, -0.25) is 0 Å². The van der Waals surface area contributed by atoms with E-state index in [0.29, 0.717) is 23.8 Å². The van der Waals surface area contributed by atoms with Gasteiger partial charge >= 0.3 is 0 Å². The maximum absolute atomic E-state index is 11.7. The summed E-state index contributed by atoms with van der Waals surface area (Å²) in [6, 6.07) is 3.41. The predicted molar refractivity (Wildman–Crippen MR) is 72.0 cm³/mol. The summed E-state index contributed by atoms with van der Waals surface area (Å²) >= 11 is 1.65. The van der Waals surface area contributed by atoms with Gasteiger partial charge in [-0.2, -0.15) is 11.8 Å². The molecule has 0 radical (unpaired) electrons. The highest BCUT2D eigenvalue weighted by Crippen LogP contribution is 2.26. The standard InChI is InChI=1S/C10H15N3O2S2/c1-17(14,15)10-7-16-5-4-13(10)9-6-8(11)2-3-12-9/h2-3,6,10H,4-5,7H2,1H3,(H2,11,12). The minimum Gasteiger partial charge on any atom is -0.399 e. The normalized spacial score (nSPS) is 21.5. The van der Waals surface area contributed by atoms with Crippen molar-refractivity contribution in [2.24, 2.45) is 0 Å². The molecular formula is C10H15N3O2S2. The van der Waals surface area contributed by atoms with Crippen LogP contribution in [0.5, 0.6) is 0 Å². The summed E-state index contributed by atoms with van der Waals surface area (Å²) in [7, 11) is -3.11. The van der Waals surface area contributed by atoms with Crippen molar-refractivity contribution < 1.29 is 8.42 Å². The SMILES string of the molecule is CS(=O)(=O)C1CSCCN1c1cc(N)ccn1. The highest BCUT2D eigenvalue weighted by molar-refractivity contribution is 8.01. The minimum atomic E-state index is -3.11. The van der Waals surface area contributed by atoms with Crippen LogP contribution >= 0.6 is 11.8 Å². The summed E-state index contributed by atoms with van der Waals surface area (Å²) in [4.78, 5) is 6.02. The minimum absolute atomic E-state index is 0.504. The van der Waals surface area contributed by atoms with Crippen LogP contribution in [0.1, 0.15) is 0 Å². The van der Waals surface area contributed by atoms with E-state index in [4.69, 9.17) is 5.73 Å². The molecule has 17 heavy (non-hydrogen) atoms. The van der Waals surface area contributed by atoms with Gasteiger partial charge in [-0.25, -0.2) is 13.4 Å². The van der Waals surface area contributed by atoms with Gasteiger partial charge in [0.05, 0.1) is 0 Å². The molecule has 1 fully saturated rings. The van der Waals surface area contributed by atoms with Crippen molar-refractivity contribution in [3.8, 4) is 0 Å². The van der Waals surface area contributed by atoms with E-state index in [1.165, 1.54) is 6.26 Å². The fourth-order valence-corrected chi connectivity index (χ4v) is 4.62. The van der Waals surface area contributed by atoms with Gasteiger partial charge in [0, 0.05) is 42.3 Å². The summed E-state index contributed by atoms with van der Waals surface area (Å²) < 4.78 is 23.5. The molecule has 94 valence electrons.